The van der Waals surface area contributed by atoms with Crippen LogP contribution in [0.2, 0.25) is 0 Å². The Kier molecular flexibility index (Phi) is 4.24. The number of hydrogen-bond donors (Lipinski definition) is 2. The lowest BCUT2D eigenvalue weighted by molar-refractivity contribution is -0.131. The van der Waals surface area contributed by atoms with Crippen molar-refractivity contribution in [3.05, 3.63) is 34.3 Å². The van der Waals surface area contributed by atoms with E-state index in [0.29, 0.717) is 29.6 Å². The standard InChI is InChI=1S/C23H24O8/c1-22-7-10(13(26)8-25)17-16(12(22)3-4-14(22)27)19(28)20-18-11(9-30-20)21(29)31-15(5-6-24)23(17,18)2/h9-10,12,15,24-25H,3-8H2,1-2H3/t10-,12?,15+,22-,23+/m0/s1. The van der Waals surface area contributed by atoms with E-state index in [-0.39, 0.29) is 42.5 Å². The number of aliphatic hydroxyl groups excluding tert-OH is 2. The molecule has 2 heterocycles. The van der Waals surface area contributed by atoms with E-state index in [0.717, 1.165) is 0 Å². The van der Waals surface area contributed by atoms with Crippen LogP contribution in [0.1, 0.15) is 66.0 Å². The van der Waals surface area contributed by atoms with Gasteiger partial charge < -0.3 is 19.4 Å². The van der Waals surface area contributed by atoms with Crippen molar-refractivity contribution in [2.75, 3.05) is 13.2 Å². The number of rotatable bonds is 4. The number of carbonyl (C=O) groups is 4. The van der Waals surface area contributed by atoms with Gasteiger partial charge in [-0.1, -0.05) is 6.92 Å². The van der Waals surface area contributed by atoms with Crippen LogP contribution in [0.4, 0.5) is 0 Å². The monoisotopic (exact) mass is 428 g/mol. The van der Waals surface area contributed by atoms with Gasteiger partial charge in [0.2, 0.25) is 5.78 Å². The zero-order chi connectivity index (χ0) is 22.3. The third-order valence-corrected chi connectivity index (χ3v) is 8.05. The van der Waals surface area contributed by atoms with Gasteiger partial charge in [0.15, 0.2) is 11.5 Å². The molecule has 2 N–H and O–H groups in total. The average Bonchev–Trinajstić information content (AvgIpc) is 3.32. The Labute approximate surface area is 178 Å². The van der Waals surface area contributed by atoms with Gasteiger partial charge in [-0.2, -0.15) is 0 Å². The van der Waals surface area contributed by atoms with Crippen LogP contribution < -0.4 is 0 Å². The van der Waals surface area contributed by atoms with E-state index in [2.05, 4.69) is 0 Å². The molecule has 3 aliphatic carbocycles. The maximum atomic E-state index is 13.7. The van der Waals surface area contributed by atoms with Crippen molar-refractivity contribution in [2.45, 2.75) is 51.0 Å². The number of cyclic esters (lactones) is 1. The number of esters is 1. The van der Waals surface area contributed by atoms with Crippen LogP contribution in [-0.2, 0) is 19.7 Å². The molecule has 0 saturated heterocycles. The summed E-state index contributed by atoms with van der Waals surface area (Å²) in [4.78, 5) is 52.1. The normalized spacial score (nSPS) is 36.1. The van der Waals surface area contributed by atoms with E-state index >= 15 is 0 Å². The third-order valence-electron chi connectivity index (χ3n) is 8.05. The van der Waals surface area contributed by atoms with Crippen LogP contribution in [0.25, 0.3) is 0 Å². The minimum absolute atomic E-state index is 0.00524. The Morgan fingerprint density at radius 1 is 1.23 bits per heavy atom. The van der Waals surface area contributed by atoms with Crippen LogP contribution in [0, 0.1) is 17.3 Å². The van der Waals surface area contributed by atoms with Gasteiger partial charge in [-0.25, -0.2) is 4.79 Å². The molecule has 0 bridgehead atoms. The van der Waals surface area contributed by atoms with Crippen LogP contribution in [0.5, 0.6) is 0 Å². The molecule has 0 spiro atoms. The molecular formula is C23H24O8. The zero-order valence-electron chi connectivity index (χ0n) is 17.4. The summed E-state index contributed by atoms with van der Waals surface area (Å²) in [5.74, 6) is -2.73. The van der Waals surface area contributed by atoms with E-state index in [1.54, 1.807) is 13.8 Å². The lowest BCUT2D eigenvalue weighted by Gasteiger charge is -2.52. The van der Waals surface area contributed by atoms with Crippen molar-refractivity contribution < 1.29 is 38.5 Å². The molecule has 0 radical (unpaired) electrons. The molecule has 164 valence electrons. The molecule has 31 heavy (non-hydrogen) atoms. The van der Waals surface area contributed by atoms with E-state index < -0.39 is 47.0 Å². The number of Topliss-reactive ketones (excluding diaryl/α,β-unsaturated/α-hetero) is 3. The first-order chi connectivity index (χ1) is 14.7. The molecule has 4 aliphatic rings. The molecule has 1 aliphatic heterocycles. The predicted molar refractivity (Wildman–Crippen MR) is 104 cm³/mol. The first kappa shape index (κ1) is 20.3. The maximum Gasteiger partial charge on any atom is 0.342 e. The summed E-state index contributed by atoms with van der Waals surface area (Å²) in [5.41, 5.74) is -0.560. The fraction of sp³-hybridized carbons (Fsp3) is 0.565. The first-order valence-corrected chi connectivity index (χ1v) is 10.6. The Bertz CT molecular complexity index is 1080. The number of fused-ring (bicyclic) bond motifs is 3. The average molecular weight is 428 g/mol. The third kappa shape index (κ3) is 2.32. The maximum absolute atomic E-state index is 13.7. The van der Waals surface area contributed by atoms with Gasteiger partial charge in [0.25, 0.3) is 0 Å². The van der Waals surface area contributed by atoms with Gasteiger partial charge >= 0.3 is 5.97 Å². The lowest BCUT2D eigenvalue weighted by atomic mass is 9.51. The quantitative estimate of drug-likeness (QED) is 0.690. The molecule has 8 nitrogen and oxygen atoms in total. The molecule has 1 saturated carbocycles. The van der Waals surface area contributed by atoms with E-state index in [4.69, 9.17) is 9.15 Å². The minimum Gasteiger partial charge on any atom is -0.460 e. The van der Waals surface area contributed by atoms with E-state index in [9.17, 15) is 29.4 Å². The summed E-state index contributed by atoms with van der Waals surface area (Å²) in [6, 6.07) is 0. The molecule has 1 unspecified atom stereocenters. The van der Waals surface area contributed by atoms with Crippen molar-refractivity contribution in [1.82, 2.24) is 0 Å². The van der Waals surface area contributed by atoms with Gasteiger partial charge in [-0.05, 0) is 25.3 Å². The molecule has 1 aromatic rings. The number of aliphatic hydroxyl groups is 2. The number of hydrogen-bond acceptors (Lipinski definition) is 8. The lowest BCUT2D eigenvalue weighted by Crippen LogP contribution is -2.55. The Morgan fingerprint density at radius 3 is 2.65 bits per heavy atom. The molecule has 0 amide bonds. The minimum atomic E-state index is -1.08. The van der Waals surface area contributed by atoms with Gasteiger partial charge in [0.1, 0.15) is 30.3 Å². The highest BCUT2D eigenvalue weighted by Crippen LogP contribution is 2.62. The summed E-state index contributed by atoms with van der Waals surface area (Å²) < 4.78 is 11.2. The number of ketones is 3. The van der Waals surface area contributed by atoms with Crippen molar-refractivity contribution in [2.24, 2.45) is 17.3 Å². The summed E-state index contributed by atoms with van der Waals surface area (Å²) >= 11 is 0. The SMILES string of the molecule is C[C@]12C[C@@H](C(=O)CO)C3=C(C(=O)c4occ5c4[C@]3(C)[C@@H](CCO)OC5=O)C1CCC2=O. The Balaban J connectivity index is 1.85. The van der Waals surface area contributed by atoms with Crippen LogP contribution in [0.15, 0.2) is 21.8 Å². The number of furan rings is 1. The van der Waals surface area contributed by atoms with Crippen molar-refractivity contribution in [3.63, 3.8) is 0 Å². The molecule has 5 rings (SSSR count). The second-order valence-electron chi connectivity index (χ2n) is 9.43. The largest absolute Gasteiger partial charge is 0.460 e. The summed E-state index contributed by atoms with van der Waals surface area (Å²) in [7, 11) is 0. The van der Waals surface area contributed by atoms with Gasteiger partial charge in [-0.15, -0.1) is 0 Å². The van der Waals surface area contributed by atoms with Crippen molar-refractivity contribution >= 4 is 23.3 Å². The fourth-order valence-corrected chi connectivity index (χ4v) is 6.56. The van der Waals surface area contributed by atoms with Crippen LogP contribution in [0.3, 0.4) is 0 Å². The second kappa shape index (κ2) is 6.46. The van der Waals surface area contributed by atoms with Crippen LogP contribution >= 0.6 is 0 Å². The number of allylic oxidation sites excluding steroid dienone is 1. The molecular weight excluding hydrogens is 404 g/mol. The summed E-state index contributed by atoms with van der Waals surface area (Å²) in [6.07, 6.45) is 1.50. The van der Waals surface area contributed by atoms with Crippen molar-refractivity contribution in [3.8, 4) is 0 Å². The fourth-order valence-electron chi connectivity index (χ4n) is 6.56. The number of ether oxygens (including phenoxy) is 1. The summed E-state index contributed by atoms with van der Waals surface area (Å²) in [6.45, 7) is 2.61. The molecule has 5 atom stereocenters. The smallest absolute Gasteiger partial charge is 0.342 e. The predicted octanol–water partition coefficient (Wildman–Crippen LogP) is 1.52. The van der Waals surface area contributed by atoms with Gasteiger partial charge in [-0.3, -0.25) is 14.4 Å². The van der Waals surface area contributed by atoms with Crippen molar-refractivity contribution in [1.29, 1.82) is 0 Å². The van der Waals surface area contributed by atoms with Crippen LogP contribution in [-0.4, -0.2) is 52.8 Å². The second-order valence-corrected chi connectivity index (χ2v) is 9.43. The highest BCUT2D eigenvalue weighted by atomic mass is 16.5. The zero-order valence-corrected chi connectivity index (χ0v) is 17.4. The Hall–Kier alpha value is -2.58. The van der Waals surface area contributed by atoms with E-state index in [1.807, 2.05) is 0 Å². The molecule has 8 heteroatoms. The highest BCUT2D eigenvalue weighted by Gasteiger charge is 2.64. The molecule has 0 aromatic carbocycles. The number of carbonyl (C=O) groups excluding carboxylic acids is 4. The Morgan fingerprint density at radius 2 is 1.97 bits per heavy atom. The topological polar surface area (TPSA) is 131 Å². The summed E-state index contributed by atoms with van der Waals surface area (Å²) in [5, 5.41) is 19.4. The first-order valence-electron chi connectivity index (χ1n) is 10.6. The van der Waals surface area contributed by atoms with Gasteiger partial charge in [0.05, 0.1) is 5.41 Å². The molecule has 1 aromatic heterocycles. The molecule has 1 fully saturated rings. The van der Waals surface area contributed by atoms with Gasteiger partial charge in [0, 0.05) is 47.8 Å². The highest BCUT2D eigenvalue weighted by molar-refractivity contribution is 6.15. The van der Waals surface area contributed by atoms with E-state index in [1.165, 1.54) is 6.26 Å².